The second-order valence-corrected chi connectivity index (χ2v) is 5.18. The summed E-state index contributed by atoms with van der Waals surface area (Å²) in [5.74, 6) is 0. The van der Waals surface area contributed by atoms with Crippen LogP contribution in [0.25, 0.3) is 0 Å². The molecule has 0 unspecified atom stereocenters. The van der Waals surface area contributed by atoms with Gasteiger partial charge in [-0.3, -0.25) is 0 Å². The summed E-state index contributed by atoms with van der Waals surface area (Å²) in [5.41, 5.74) is 3.07. The Bertz CT molecular complexity index is 573. The van der Waals surface area contributed by atoms with E-state index in [0.717, 1.165) is 29.5 Å². The fourth-order valence-electron chi connectivity index (χ4n) is 1.89. The zero-order chi connectivity index (χ0) is 13.5. The Morgan fingerprint density at radius 3 is 2.58 bits per heavy atom. The van der Waals surface area contributed by atoms with Crippen molar-refractivity contribution in [2.24, 2.45) is 0 Å². The van der Waals surface area contributed by atoms with Gasteiger partial charge in [0.1, 0.15) is 0 Å². The summed E-state index contributed by atoms with van der Waals surface area (Å²) in [6, 6.07) is 18.2. The number of hydrogen-bond donors (Lipinski definition) is 1. The summed E-state index contributed by atoms with van der Waals surface area (Å²) < 4.78 is 0.936. The monoisotopic (exact) mass is 314 g/mol. The van der Waals surface area contributed by atoms with Gasteiger partial charge in [-0.25, -0.2) is 0 Å². The summed E-state index contributed by atoms with van der Waals surface area (Å²) in [7, 11) is 0. The molecule has 0 bridgehead atoms. The van der Waals surface area contributed by atoms with Crippen LogP contribution in [0, 0.1) is 11.3 Å². The molecular weight excluding hydrogens is 300 g/mol. The van der Waals surface area contributed by atoms with Gasteiger partial charge < -0.3 is 5.32 Å². The molecule has 2 aromatic rings. The van der Waals surface area contributed by atoms with Crippen molar-refractivity contribution >= 4 is 21.6 Å². The molecule has 0 spiro atoms. The summed E-state index contributed by atoms with van der Waals surface area (Å²) in [4.78, 5) is 0. The zero-order valence-electron chi connectivity index (χ0n) is 10.6. The van der Waals surface area contributed by atoms with Crippen molar-refractivity contribution in [1.29, 1.82) is 5.26 Å². The number of nitrogens with zero attached hydrogens (tertiary/aromatic N) is 1. The highest BCUT2D eigenvalue weighted by molar-refractivity contribution is 9.10. The summed E-state index contributed by atoms with van der Waals surface area (Å²) in [6.45, 7) is 0.916. The molecule has 0 aliphatic rings. The van der Waals surface area contributed by atoms with E-state index in [-0.39, 0.29) is 0 Å². The average molecular weight is 315 g/mol. The molecule has 2 nitrogen and oxygen atoms in total. The van der Waals surface area contributed by atoms with Gasteiger partial charge in [0.25, 0.3) is 0 Å². The lowest BCUT2D eigenvalue weighted by atomic mass is 10.1. The number of hydrogen-bond acceptors (Lipinski definition) is 2. The van der Waals surface area contributed by atoms with E-state index in [1.807, 2.05) is 24.3 Å². The summed E-state index contributed by atoms with van der Waals surface area (Å²) >= 11 is 3.47. The van der Waals surface area contributed by atoms with Gasteiger partial charge in [-0.2, -0.15) is 5.26 Å². The van der Waals surface area contributed by atoms with Gasteiger partial charge in [0.2, 0.25) is 0 Å². The number of benzene rings is 2. The van der Waals surface area contributed by atoms with Crippen LogP contribution in [0.2, 0.25) is 0 Å². The molecule has 0 aliphatic carbocycles. The number of nitrogens with one attached hydrogen (secondary N) is 1. The van der Waals surface area contributed by atoms with Crippen LogP contribution in [0.5, 0.6) is 0 Å². The van der Waals surface area contributed by atoms with Crippen molar-refractivity contribution in [1.82, 2.24) is 0 Å². The highest BCUT2D eigenvalue weighted by Crippen LogP contribution is 2.23. The predicted molar refractivity (Wildman–Crippen MR) is 82.1 cm³/mol. The largest absolute Gasteiger partial charge is 0.384 e. The molecule has 2 aromatic carbocycles. The van der Waals surface area contributed by atoms with Crippen LogP contribution in [-0.4, -0.2) is 6.54 Å². The SMILES string of the molecule is N#Cc1ccc(NCCCc2ccccc2)c(Br)c1. The number of aryl methyl sites for hydroxylation is 1. The fourth-order valence-corrected chi connectivity index (χ4v) is 2.41. The third-order valence-corrected chi connectivity index (χ3v) is 3.55. The second kappa shape index (κ2) is 6.96. The van der Waals surface area contributed by atoms with Gasteiger partial charge in [0, 0.05) is 16.7 Å². The Kier molecular flexibility index (Phi) is 5.00. The number of nitriles is 1. The van der Waals surface area contributed by atoms with Gasteiger partial charge >= 0.3 is 0 Å². The fraction of sp³-hybridized carbons (Fsp3) is 0.188. The first-order valence-corrected chi connectivity index (χ1v) is 7.06. The topological polar surface area (TPSA) is 35.8 Å². The van der Waals surface area contributed by atoms with Crippen LogP contribution >= 0.6 is 15.9 Å². The van der Waals surface area contributed by atoms with Crippen molar-refractivity contribution in [3.8, 4) is 6.07 Å². The average Bonchev–Trinajstić information content (AvgIpc) is 2.46. The van der Waals surface area contributed by atoms with E-state index < -0.39 is 0 Å². The maximum Gasteiger partial charge on any atom is 0.0992 e. The molecule has 19 heavy (non-hydrogen) atoms. The summed E-state index contributed by atoms with van der Waals surface area (Å²) in [5, 5.41) is 12.2. The third kappa shape index (κ3) is 4.11. The van der Waals surface area contributed by atoms with Crippen LogP contribution in [-0.2, 0) is 6.42 Å². The maximum atomic E-state index is 8.80. The predicted octanol–water partition coefficient (Wildman–Crippen LogP) is 4.37. The zero-order valence-corrected chi connectivity index (χ0v) is 12.2. The van der Waals surface area contributed by atoms with E-state index in [2.05, 4.69) is 51.6 Å². The molecular formula is C16H15BrN2. The standard InChI is InChI=1S/C16H15BrN2/c17-15-11-14(12-18)8-9-16(15)19-10-4-7-13-5-2-1-3-6-13/h1-3,5-6,8-9,11,19H,4,7,10H2. The van der Waals surface area contributed by atoms with E-state index in [1.54, 1.807) is 0 Å². The molecule has 1 N–H and O–H groups in total. The molecule has 0 radical (unpaired) electrons. The summed E-state index contributed by atoms with van der Waals surface area (Å²) in [6.07, 6.45) is 2.15. The van der Waals surface area contributed by atoms with Crippen LogP contribution < -0.4 is 5.32 Å². The van der Waals surface area contributed by atoms with Gasteiger partial charge in [-0.15, -0.1) is 0 Å². The van der Waals surface area contributed by atoms with Crippen molar-refractivity contribution in [2.45, 2.75) is 12.8 Å². The van der Waals surface area contributed by atoms with Gasteiger partial charge in [-0.05, 0) is 52.5 Å². The Balaban J connectivity index is 1.82. The highest BCUT2D eigenvalue weighted by Gasteiger charge is 2.00. The Morgan fingerprint density at radius 1 is 1.11 bits per heavy atom. The van der Waals surface area contributed by atoms with E-state index in [1.165, 1.54) is 5.56 Å². The lowest BCUT2D eigenvalue weighted by Gasteiger charge is -2.08. The van der Waals surface area contributed by atoms with Crippen molar-refractivity contribution < 1.29 is 0 Å². The molecule has 96 valence electrons. The molecule has 0 fully saturated rings. The van der Waals surface area contributed by atoms with E-state index >= 15 is 0 Å². The lowest BCUT2D eigenvalue weighted by Crippen LogP contribution is -2.03. The molecule has 0 atom stereocenters. The van der Waals surface area contributed by atoms with E-state index in [4.69, 9.17) is 5.26 Å². The van der Waals surface area contributed by atoms with Crippen LogP contribution in [0.15, 0.2) is 53.0 Å². The molecule has 0 saturated heterocycles. The van der Waals surface area contributed by atoms with Gasteiger partial charge in [0.05, 0.1) is 11.6 Å². The first kappa shape index (κ1) is 13.6. The van der Waals surface area contributed by atoms with Gasteiger partial charge in [0.15, 0.2) is 0 Å². The Labute approximate surface area is 122 Å². The first-order valence-electron chi connectivity index (χ1n) is 6.27. The molecule has 3 heteroatoms. The van der Waals surface area contributed by atoms with E-state index in [0.29, 0.717) is 5.56 Å². The second-order valence-electron chi connectivity index (χ2n) is 4.32. The van der Waals surface area contributed by atoms with Crippen LogP contribution in [0.4, 0.5) is 5.69 Å². The Hall–Kier alpha value is -1.79. The Morgan fingerprint density at radius 2 is 1.89 bits per heavy atom. The number of anilines is 1. The normalized spacial score (nSPS) is 9.89. The van der Waals surface area contributed by atoms with Crippen molar-refractivity contribution in [3.63, 3.8) is 0 Å². The minimum atomic E-state index is 0.668. The lowest BCUT2D eigenvalue weighted by molar-refractivity contribution is 0.862. The number of rotatable bonds is 5. The molecule has 0 aliphatic heterocycles. The molecule has 0 heterocycles. The minimum absolute atomic E-state index is 0.668. The molecule has 0 aromatic heterocycles. The van der Waals surface area contributed by atoms with Gasteiger partial charge in [-0.1, -0.05) is 30.3 Å². The quantitative estimate of drug-likeness (QED) is 0.832. The van der Waals surface area contributed by atoms with Crippen molar-refractivity contribution in [3.05, 3.63) is 64.1 Å². The minimum Gasteiger partial charge on any atom is -0.384 e. The van der Waals surface area contributed by atoms with Crippen LogP contribution in [0.3, 0.4) is 0 Å². The van der Waals surface area contributed by atoms with Crippen LogP contribution in [0.1, 0.15) is 17.5 Å². The molecule has 0 amide bonds. The molecule has 2 rings (SSSR count). The van der Waals surface area contributed by atoms with E-state index in [9.17, 15) is 0 Å². The smallest absolute Gasteiger partial charge is 0.0992 e. The first-order chi connectivity index (χ1) is 9.29. The third-order valence-electron chi connectivity index (χ3n) is 2.90. The molecule has 0 saturated carbocycles. The maximum absolute atomic E-state index is 8.80. The highest BCUT2D eigenvalue weighted by atomic mass is 79.9. The van der Waals surface area contributed by atoms with Crippen molar-refractivity contribution in [2.75, 3.05) is 11.9 Å². The number of halogens is 1.